The Morgan fingerprint density at radius 2 is 1.02 bits per heavy atom. The minimum Gasteiger partial charge on any atom is -0.457 e. The molecule has 0 radical (unpaired) electrons. The molecule has 6 unspecified atom stereocenters. The van der Waals surface area contributed by atoms with Crippen molar-refractivity contribution in [3.8, 4) is 22.6 Å². The highest BCUT2D eigenvalue weighted by Crippen LogP contribution is 2.89. The van der Waals surface area contributed by atoms with Crippen molar-refractivity contribution in [1.29, 1.82) is 0 Å². The van der Waals surface area contributed by atoms with E-state index in [2.05, 4.69) is 196 Å². The third kappa shape index (κ3) is 4.41. The van der Waals surface area contributed by atoms with Gasteiger partial charge in [-0.25, -0.2) is 0 Å². The van der Waals surface area contributed by atoms with E-state index in [0.29, 0.717) is 17.3 Å². The zero-order valence-corrected chi connectivity index (χ0v) is 37.0. The summed E-state index contributed by atoms with van der Waals surface area (Å²) in [5, 5.41) is 0. The summed E-state index contributed by atoms with van der Waals surface area (Å²) in [5.74, 6) is 5.34. The van der Waals surface area contributed by atoms with Gasteiger partial charge in [-0.15, -0.1) is 0 Å². The molecule has 1 aliphatic heterocycles. The summed E-state index contributed by atoms with van der Waals surface area (Å²) in [4.78, 5) is 2.57. The Morgan fingerprint density at radius 1 is 0.460 bits per heavy atom. The molecule has 7 aliphatic rings. The van der Waals surface area contributed by atoms with Crippen LogP contribution in [-0.2, 0) is 21.7 Å². The molecule has 4 fully saturated rings. The summed E-state index contributed by atoms with van der Waals surface area (Å²) in [6.07, 6.45) is 8.02. The summed E-state index contributed by atoms with van der Waals surface area (Å²) in [6.45, 7) is 9.78. The van der Waals surface area contributed by atoms with Gasteiger partial charge in [0, 0.05) is 33.6 Å². The van der Waals surface area contributed by atoms with Crippen LogP contribution in [0.3, 0.4) is 0 Å². The van der Waals surface area contributed by atoms with E-state index in [0.717, 1.165) is 23.3 Å². The number of hydrogen-bond donors (Lipinski definition) is 0. The van der Waals surface area contributed by atoms with Gasteiger partial charge in [0.15, 0.2) is 0 Å². The first-order valence-corrected chi connectivity index (χ1v) is 23.9. The highest BCUT2D eigenvalue weighted by atomic mass is 16.5. The SMILES string of the molecule is CC1(C)CCC(C)(C)c2cc(N(c3ccc(C4(c5ccccc5)c5ccccc5-c5ccccc54)cc3)c3ccc4c(c3)C3(c5ccccc5O4)C4CC5CC6CC3C64C5)ccc21. The second-order valence-corrected chi connectivity index (χ2v) is 21.9. The van der Waals surface area contributed by atoms with Crippen LogP contribution in [0.15, 0.2) is 164 Å². The van der Waals surface area contributed by atoms with Gasteiger partial charge in [-0.2, -0.15) is 0 Å². The van der Waals surface area contributed by atoms with Gasteiger partial charge in [-0.1, -0.05) is 143 Å². The maximum Gasteiger partial charge on any atom is 0.131 e. The molecule has 7 aromatic carbocycles. The Hall–Kier alpha value is -5.86. The highest BCUT2D eigenvalue weighted by molar-refractivity contribution is 5.87. The van der Waals surface area contributed by atoms with Crippen molar-refractivity contribution in [2.75, 3.05) is 4.90 Å². The zero-order chi connectivity index (χ0) is 42.1. The third-order valence-corrected chi connectivity index (χ3v) is 18.5. The second-order valence-electron chi connectivity index (χ2n) is 21.9. The molecule has 0 amide bonds. The zero-order valence-electron chi connectivity index (χ0n) is 37.0. The summed E-state index contributed by atoms with van der Waals surface area (Å²) in [7, 11) is 0. The van der Waals surface area contributed by atoms with Gasteiger partial charge in [0.2, 0.25) is 0 Å². The highest BCUT2D eigenvalue weighted by Gasteiger charge is 2.84. The number of ether oxygens (including phenoxy) is 1. The second kappa shape index (κ2) is 12.2. The molecule has 2 heteroatoms. The molecule has 0 N–H and O–H groups in total. The maximum atomic E-state index is 6.94. The minimum atomic E-state index is -0.441. The summed E-state index contributed by atoms with van der Waals surface area (Å²) in [6, 6.07) is 62.7. The smallest absolute Gasteiger partial charge is 0.131 e. The van der Waals surface area contributed by atoms with E-state index in [1.165, 1.54) is 111 Å². The lowest BCUT2D eigenvalue weighted by Gasteiger charge is -2.77. The van der Waals surface area contributed by atoms with Gasteiger partial charge >= 0.3 is 0 Å². The molecule has 4 saturated carbocycles. The molecular formula is C61H55NO. The average molecular weight is 818 g/mol. The Labute approximate surface area is 373 Å². The van der Waals surface area contributed by atoms with E-state index in [1.807, 2.05) is 0 Å². The van der Waals surface area contributed by atoms with Crippen molar-refractivity contribution >= 4 is 17.1 Å². The number of hydrogen-bond acceptors (Lipinski definition) is 2. The molecule has 7 aromatic rings. The number of fused-ring (bicyclic) bond motifs is 11. The van der Waals surface area contributed by atoms with Gasteiger partial charge in [0.1, 0.15) is 11.5 Å². The van der Waals surface area contributed by atoms with Crippen LogP contribution in [0.1, 0.15) is 111 Å². The van der Waals surface area contributed by atoms with Crippen LogP contribution in [0.5, 0.6) is 11.5 Å². The Bertz CT molecular complexity index is 3000. The van der Waals surface area contributed by atoms with Crippen LogP contribution in [0.25, 0.3) is 11.1 Å². The Morgan fingerprint density at radius 3 is 1.73 bits per heavy atom. The van der Waals surface area contributed by atoms with Crippen LogP contribution in [0.4, 0.5) is 17.1 Å². The van der Waals surface area contributed by atoms with Gasteiger partial charge < -0.3 is 9.64 Å². The summed E-state index contributed by atoms with van der Waals surface area (Å²) in [5.41, 5.74) is 17.7. The molecule has 0 saturated heterocycles. The number of nitrogens with zero attached hydrogens (tertiary/aromatic N) is 1. The van der Waals surface area contributed by atoms with Crippen molar-refractivity contribution in [3.05, 3.63) is 208 Å². The minimum absolute atomic E-state index is 0.00850. The summed E-state index contributed by atoms with van der Waals surface area (Å²) < 4.78 is 6.94. The fraction of sp³-hybridized carbons (Fsp3) is 0.311. The molecule has 2 bridgehead atoms. The maximum absolute atomic E-state index is 6.94. The third-order valence-electron chi connectivity index (χ3n) is 18.5. The first-order chi connectivity index (χ1) is 30.7. The van der Waals surface area contributed by atoms with Gasteiger partial charge in [-0.05, 0) is 171 Å². The Kier molecular flexibility index (Phi) is 7.11. The normalized spacial score (nSPS) is 28.3. The van der Waals surface area contributed by atoms with E-state index >= 15 is 0 Å². The lowest BCUT2D eigenvalue weighted by molar-refractivity contribution is -0.235. The lowest BCUT2D eigenvalue weighted by Crippen LogP contribution is -2.74. The molecular weight excluding hydrogens is 763 g/mol. The first-order valence-electron chi connectivity index (χ1n) is 23.9. The van der Waals surface area contributed by atoms with Crippen LogP contribution >= 0.6 is 0 Å². The van der Waals surface area contributed by atoms with Crippen LogP contribution in [-0.4, -0.2) is 0 Å². The topological polar surface area (TPSA) is 12.5 Å². The molecule has 6 aliphatic carbocycles. The average Bonchev–Trinajstić information content (AvgIpc) is 3.95. The molecule has 0 aromatic heterocycles. The van der Waals surface area contributed by atoms with Crippen LogP contribution in [0.2, 0.25) is 0 Å². The lowest BCUT2D eigenvalue weighted by atomic mass is 9.26. The number of benzene rings is 7. The molecule has 2 nitrogen and oxygen atoms in total. The van der Waals surface area contributed by atoms with Crippen molar-refractivity contribution in [1.82, 2.24) is 0 Å². The predicted molar refractivity (Wildman–Crippen MR) is 256 cm³/mol. The summed E-state index contributed by atoms with van der Waals surface area (Å²) >= 11 is 0. The molecule has 2 spiro atoms. The van der Waals surface area contributed by atoms with E-state index in [1.54, 1.807) is 0 Å². The van der Waals surface area contributed by atoms with Crippen molar-refractivity contribution < 1.29 is 4.74 Å². The van der Waals surface area contributed by atoms with Crippen molar-refractivity contribution in [2.24, 2.45) is 29.1 Å². The molecule has 6 atom stereocenters. The van der Waals surface area contributed by atoms with Gasteiger partial charge in [0.05, 0.1) is 5.41 Å². The number of para-hydroxylation sites is 1. The molecule has 1 heterocycles. The number of anilines is 3. The van der Waals surface area contributed by atoms with E-state index in [-0.39, 0.29) is 16.2 Å². The van der Waals surface area contributed by atoms with Gasteiger partial charge in [-0.3, -0.25) is 0 Å². The molecule has 14 rings (SSSR count). The Balaban J connectivity index is 0.972. The van der Waals surface area contributed by atoms with Gasteiger partial charge in [0.25, 0.3) is 0 Å². The molecule has 310 valence electrons. The fourth-order valence-corrected chi connectivity index (χ4v) is 15.9. The number of rotatable bonds is 5. The molecule has 63 heavy (non-hydrogen) atoms. The monoisotopic (exact) mass is 817 g/mol. The largest absolute Gasteiger partial charge is 0.457 e. The van der Waals surface area contributed by atoms with Crippen molar-refractivity contribution in [3.63, 3.8) is 0 Å². The standard InChI is InChI=1S/C61H55NO/c1-57(2)30-31-58(3,4)51-35-43(26-28-49(51)57)62(42-24-22-40(23-25-42)60(39-14-6-5-7-15-39)47-18-10-8-16-45(47)46-17-9-11-19-48(46)60)44-27-29-54-52(36-44)61(50-20-12-13-21-53(50)63-54)55-33-38-32-41-34-56(61)59(41,55)37-38/h5-29,35-36,38,41,55-56H,30-34,37H2,1-4H3. The predicted octanol–water partition coefficient (Wildman–Crippen LogP) is 15.3. The quantitative estimate of drug-likeness (QED) is 0.172. The van der Waals surface area contributed by atoms with Crippen LogP contribution < -0.4 is 9.64 Å². The first kappa shape index (κ1) is 36.6. The van der Waals surface area contributed by atoms with E-state index < -0.39 is 5.41 Å². The van der Waals surface area contributed by atoms with Crippen molar-refractivity contribution in [2.45, 2.75) is 87.9 Å². The van der Waals surface area contributed by atoms with Crippen LogP contribution in [0, 0.1) is 29.1 Å². The van der Waals surface area contributed by atoms with E-state index in [4.69, 9.17) is 4.74 Å². The van der Waals surface area contributed by atoms with E-state index in [9.17, 15) is 0 Å². The fourth-order valence-electron chi connectivity index (χ4n) is 15.9.